The first-order valence-corrected chi connectivity index (χ1v) is 14.6. The van der Waals surface area contributed by atoms with Crippen molar-refractivity contribution in [2.45, 2.75) is 53.6 Å². The highest BCUT2D eigenvalue weighted by atomic mass is 35.5. The van der Waals surface area contributed by atoms with Gasteiger partial charge in [-0.05, 0) is 80.0 Å². The highest BCUT2D eigenvalue weighted by molar-refractivity contribution is 7.92. The molecule has 2 aromatic carbocycles. The average Bonchev–Trinajstić information content (AvgIpc) is 3.10. The van der Waals surface area contributed by atoms with Crippen molar-refractivity contribution in [3.8, 4) is 0 Å². The molecule has 2 bridgehead atoms. The molecule has 8 nitrogen and oxygen atoms in total. The molecule has 4 atom stereocenters. The molecule has 0 radical (unpaired) electrons. The predicted molar refractivity (Wildman–Crippen MR) is 142 cm³/mol. The van der Waals surface area contributed by atoms with Gasteiger partial charge in [0.15, 0.2) is 21.5 Å². The van der Waals surface area contributed by atoms with E-state index in [9.17, 15) is 37.3 Å². The summed E-state index contributed by atoms with van der Waals surface area (Å²) in [6.07, 6.45) is -0.611. The first kappa shape index (κ1) is 28.6. The third kappa shape index (κ3) is 5.01. The maximum atomic E-state index is 13.8. The van der Waals surface area contributed by atoms with E-state index in [4.69, 9.17) is 11.6 Å². The fourth-order valence-corrected chi connectivity index (χ4v) is 8.47. The van der Waals surface area contributed by atoms with Crippen molar-refractivity contribution in [1.29, 1.82) is 0 Å². The predicted octanol–water partition coefficient (Wildman–Crippen LogP) is 4.05. The number of benzene rings is 2. The minimum Gasteiger partial charge on any atom is -0.387 e. The molecule has 1 aromatic heterocycles. The van der Waals surface area contributed by atoms with E-state index < -0.39 is 62.3 Å². The zero-order valence-corrected chi connectivity index (χ0v) is 22.6. The van der Waals surface area contributed by atoms with Crippen molar-refractivity contribution in [2.75, 3.05) is 5.32 Å². The maximum Gasteiger partial charge on any atom is 0.255 e. The third-order valence-corrected chi connectivity index (χ3v) is 10.8. The number of carbonyl (C=O) groups is 1. The van der Waals surface area contributed by atoms with E-state index in [-0.39, 0.29) is 39.7 Å². The Morgan fingerprint density at radius 3 is 2.35 bits per heavy atom. The molecule has 0 aliphatic heterocycles. The minimum absolute atomic E-state index is 0.0159. The highest BCUT2D eigenvalue weighted by Crippen LogP contribution is 2.55. The summed E-state index contributed by atoms with van der Waals surface area (Å²) in [5.41, 5.74) is -1.59. The van der Waals surface area contributed by atoms with Crippen LogP contribution in [0.5, 0.6) is 0 Å². The Labute approximate surface area is 234 Å². The molecule has 1 amide bonds. The lowest BCUT2D eigenvalue weighted by atomic mass is 9.69. The fraction of sp³-hybridized carbons (Fsp3) is 0.357. The summed E-state index contributed by atoms with van der Waals surface area (Å²) in [4.78, 5) is 16.6. The van der Waals surface area contributed by atoms with Crippen LogP contribution in [0.4, 0.5) is 14.5 Å². The summed E-state index contributed by atoms with van der Waals surface area (Å²) in [7, 11) is -4.10. The van der Waals surface area contributed by atoms with Crippen molar-refractivity contribution in [1.82, 2.24) is 4.98 Å². The number of sulfone groups is 1. The third-order valence-electron chi connectivity index (χ3n) is 8.15. The van der Waals surface area contributed by atoms with Crippen molar-refractivity contribution in [3.63, 3.8) is 0 Å². The van der Waals surface area contributed by atoms with Crippen LogP contribution in [0.25, 0.3) is 0 Å². The molecule has 2 saturated carbocycles. The Hall–Kier alpha value is -2.96. The van der Waals surface area contributed by atoms with Crippen LogP contribution in [0.15, 0.2) is 65.7 Å². The standard InChI is InChI=1S/C28H27ClF2N2O6S/c29-20-8-4-15(27(36)33-18-7-9-21(30)22(31)14-18)11-24(20)40(38,39)19-12-16-5-6-17(13-19)28(16,37)26(35)25(34)23-3-1-2-10-32-23/h1-4,7-11,14,16-17,19,25-26,34-35,37H,5-6,12-13H2,(H,33,36). The van der Waals surface area contributed by atoms with Gasteiger partial charge >= 0.3 is 0 Å². The number of rotatable bonds is 7. The number of nitrogens with one attached hydrogen (secondary N) is 1. The Kier molecular flexibility index (Phi) is 7.71. The quantitative estimate of drug-likeness (QED) is 0.325. The summed E-state index contributed by atoms with van der Waals surface area (Å²) in [6.45, 7) is 0. The number of hydrogen-bond donors (Lipinski definition) is 4. The molecule has 0 spiro atoms. The lowest BCUT2D eigenvalue weighted by Crippen LogP contribution is -2.57. The van der Waals surface area contributed by atoms with E-state index in [1.165, 1.54) is 30.5 Å². The molecule has 1 heterocycles. The monoisotopic (exact) mass is 592 g/mol. The summed E-state index contributed by atoms with van der Waals surface area (Å²) in [5, 5.41) is 34.7. The Balaban J connectivity index is 1.37. The van der Waals surface area contributed by atoms with Crippen LogP contribution in [0.1, 0.15) is 47.8 Å². The number of aliphatic hydroxyl groups is 3. The van der Waals surface area contributed by atoms with E-state index >= 15 is 0 Å². The number of amides is 1. The van der Waals surface area contributed by atoms with Gasteiger partial charge in [0.2, 0.25) is 0 Å². The Morgan fingerprint density at radius 1 is 1.02 bits per heavy atom. The van der Waals surface area contributed by atoms with Gasteiger partial charge in [-0.3, -0.25) is 9.78 Å². The molecule has 40 heavy (non-hydrogen) atoms. The molecule has 212 valence electrons. The van der Waals surface area contributed by atoms with Gasteiger partial charge in [0.25, 0.3) is 5.91 Å². The van der Waals surface area contributed by atoms with Crippen molar-refractivity contribution in [2.24, 2.45) is 11.8 Å². The van der Waals surface area contributed by atoms with E-state index in [1.807, 2.05) is 0 Å². The second-order valence-corrected chi connectivity index (χ2v) is 13.0. The number of carbonyl (C=O) groups excluding carboxylic acids is 1. The van der Waals surface area contributed by atoms with Gasteiger partial charge < -0.3 is 20.6 Å². The van der Waals surface area contributed by atoms with Crippen LogP contribution >= 0.6 is 11.6 Å². The van der Waals surface area contributed by atoms with E-state index in [0.717, 1.165) is 18.2 Å². The lowest BCUT2D eigenvalue weighted by Gasteiger charge is -2.46. The number of aromatic nitrogens is 1. The first-order chi connectivity index (χ1) is 18.9. The minimum atomic E-state index is -4.10. The second kappa shape index (κ2) is 10.8. The summed E-state index contributed by atoms with van der Waals surface area (Å²) < 4.78 is 54.3. The van der Waals surface area contributed by atoms with Crippen LogP contribution in [-0.4, -0.2) is 51.6 Å². The molecular weight excluding hydrogens is 566 g/mol. The number of nitrogens with zero attached hydrogens (tertiary/aromatic N) is 1. The molecule has 2 aliphatic rings. The van der Waals surface area contributed by atoms with Crippen molar-refractivity contribution >= 4 is 33.0 Å². The zero-order valence-electron chi connectivity index (χ0n) is 21.0. The zero-order chi connectivity index (χ0) is 28.8. The van der Waals surface area contributed by atoms with Gasteiger partial charge in [-0.2, -0.15) is 0 Å². The van der Waals surface area contributed by atoms with Crippen LogP contribution in [-0.2, 0) is 9.84 Å². The first-order valence-electron chi connectivity index (χ1n) is 12.7. The molecule has 4 N–H and O–H groups in total. The van der Waals surface area contributed by atoms with Gasteiger partial charge in [0.05, 0.1) is 26.5 Å². The molecular formula is C28H27ClF2N2O6S. The lowest BCUT2D eigenvalue weighted by molar-refractivity contribution is -0.178. The molecule has 12 heteroatoms. The number of hydrogen-bond acceptors (Lipinski definition) is 7. The normalized spacial score (nSPS) is 25.8. The summed E-state index contributed by atoms with van der Waals surface area (Å²) in [5.74, 6) is -4.20. The van der Waals surface area contributed by atoms with Gasteiger partial charge in [-0.1, -0.05) is 17.7 Å². The fourth-order valence-electron chi connectivity index (χ4n) is 6.06. The Morgan fingerprint density at radius 2 is 1.73 bits per heavy atom. The summed E-state index contributed by atoms with van der Waals surface area (Å²) >= 11 is 6.28. The van der Waals surface area contributed by atoms with Crippen LogP contribution < -0.4 is 5.32 Å². The highest BCUT2D eigenvalue weighted by Gasteiger charge is 2.60. The number of halogens is 3. The van der Waals surface area contributed by atoms with Crippen LogP contribution in [0, 0.1) is 23.5 Å². The molecule has 3 aromatic rings. The molecule has 4 unspecified atom stereocenters. The topological polar surface area (TPSA) is 137 Å². The Bertz CT molecular complexity index is 1530. The van der Waals surface area contributed by atoms with Crippen molar-refractivity contribution < 1.29 is 37.3 Å². The van der Waals surface area contributed by atoms with Crippen molar-refractivity contribution in [3.05, 3.63) is 88.7 Å². The number of pyridine rings is 1. The van der Waals surface area contributed by atoms with Crippen LogP contribution in [0.2, 0.25) is 5.02 Å². The largest absolute Gasteiger partial charge is 0.387 e. The van der Waals surface area contributed by atoms with E-state index in [2.05, 4.69) is 10.3 Å². The van der Waals surface area contributed by atoms with Gasteiger partial charge in [-0.15, -0.1) is 0 Å². The average molecular weight is 593 g/mol. The maximum absolute atomic E-state index is 13.8. The smallest absolute Gasteiger partial charge is 0.255 e. The van der Waals surface area contributed by atoms with Gasteiger partial charge in [-0.25, -0.2) is 17.2 Å². The van der Waals surface area contributed by atoms with E-state index in [0.29, 0.717) is 12.8 Å². The van der Waals surface area contributed by atoms with E-state index in [1.54, 1.807) is 12.1 Å². The number of aliphatic hydroxyl groups excluding tert-OH is 2. The molecule has 2 aliphatic carbocycles. The van der Waals surface area contributed by atoms with Gasteiger partial charge in [0.1, 0.15) is 12.2 Å². The van der Waals surface area contributed by atoms with Gasteiger partial charge in [0, 0.05) is 23.5 Å². The number of fused-ring (bicyclic) bond motifs is 2. The molecule has 0 saturated heterocycles. The summed E-state index contributed by atoms with van der Waals surface area (Å²) in [6, 6.07) is 11.4. The second-order valence-electron chi connectivity index (χ2n) is 10.4. The SMILES string of the molecule is O=C(Nc1ccc(F)c(F)c1)c1ccc(Cl)c(S(=O)(=O)C2CC3CCC(C2)C3(O)C(O)C(O)c2ccccn2)c1. The van der Waals surface area contributed by atoms with Crippen LogP contribution in [0.3, 0.4) is 0 Å². The molecule has 5 rings (SSSR count). The number of anilines is 1. The molecule has 2 fully saturated rings.